The van der Waals surface area contributed by atoms with E-state index < -0.39 is 0 Å². The fourth-order valence-electron chi connectivity index (χ4n) is 0.973. The Morgan fingerprint density at radius 3 is 2.91 bits per heavy atom. The van der Waals surface area contributed by atoms with Crippen molar-refractivity contribution in [3.05, 3.63) is 33.1 Å². The zero-order valence-corrected chi connectivity index (χ0v) is 8.63. The highest BCUT2D eigenvalue weighted by Crippen LogP contribution is 2.31. The first kappa shape index (κ1) is 7.59. The van der Waals surface area contributed by atoms with Gasteiger partial charge in [0.15, 0.2) is 0 Å². The van der Waals surface area contributed by atoms with E-state index in [-0.39, 0.29) is 0 Å². The van der Waals surface area contributed by atoms with Crippen LogP contribution in [-0.2, 0) is 0 Å². The molecule has 0 spiro atoms. The number of hydrogen-bond acceptors (Lipinski definition) is 1. The van der Waals surface area contributed by atoms with E-state index in [1.807, 2.05) is 18.2 Å². The first-order valence-corrected chi connectivity index (χ1v) is 5.09. The summed E-state index contributed by atoms with van der Waals surface area (Å²) in [5.41, 5.74) is 0. The van der Waals surface area contributed by atoms with Gasteiger partial charge in [-0.25, -0.2) is 0 Å². The summed E-state index contributed by atoms with van der Waals surface area (Å²) in [4.78, 5) is 0. The van der Waals surface area contributed by atoms with Crippen molar-refractivity contribution in [1.29, 1.82) is 0 Å². The molecule has 0 aliphatic carbocycles. The summed E-state index contributed by atoms with van der Waals surface area (Å²) < 4.78 is 2.37. The molecule has 3 heteroatoms. The second-order valence-electron chi connectivity index (χ2n) is 2.23. The molecule has 1 aromatic heterocycles. The van der Waals surface area contributed by atoms with Crippen molar-refractivity contribution >= 4 is 49.0 Å². The average Bonchev–Trinajstić information content (AvgIpc) is 2.27. The SMILES string of the molecule is Clc1ccc2cc(Br)sc2c1. The van der Waals surface area contributed by atoms with Gasteiger partial charge >= 0.3 is 0 Å². The number of fused-ring (bicyclic) bond motifs is 1. The minimum Gasteiger partial charge on any atom is -0.128 e. The number of thiophene rings is 1. The molecule has 0 nitrogen and oxygen atoms in total. The second kappa shape index (κ2) is 2.77. The summed E-state index contributed by atoms with van der Waals surface area (Å²) in [5.74, 6) is 0. The third-order valence-electron chi connectivity index (χ3n) is 1.45. The maximum absolute atomic E-state index is 5.82. The lowest BCUT2D eigenvalue weighted by molar-refractivity contribution is 1.84. The van der Waals surface area contributed by atoms with Crippen LogP contribution < -0.4 is 0 Å². The van der Waals surface area contributed by atoms with Gasteiger partial charge < -0.3 is 0 Å². The Morgan fingerprint density at radius 2 is 2.09 bits per heavy atom. The number of rotatable bonds is 0. The van der Waals surface area contributed by atoms with Gasteiger partial charge in [-0.15, -0.1) is 11.3 Å². The Labute approximate surface area is 81.9 Å². The highest BCUT2D eigenvalue weighted by atomic mass is 79.9. The Kier molecular flexibility index (Phi) is 1.91. The molecule has 0 radical (unpaired) electrons. The van der Waals surface area contributed by atoms with Crippen molar-refractivity contribution in [2.75, 3.05) is 0 Å². The maximum atomic E-state index is 5.82. The molecule has 0 atom stereocenters. The van der Waals surface area contributed by atoms with E-state index in [1.165, 1.54) is 10.1 Å². The average molecular weight is 248 g/mol. The van der Waals surface area contributed by atoms with Gasteiger partial charge in [0, 0.05) is 9.72 Å². The molecule has 1 aromatic carbocycles. The predicted molar refractivity (Wildman–Crippen MR) is 54.5 cm³/mol. The summed E-state index contributed by atoms with van der Waals surface area (Å²) in [6.07, 6.45) is 0. The summed E-state index contributed by atoms with van der Waals surface area (Å²) in [7, 11) is 0. The molecule has 0 fully saturated rings. The van der Waals surface area contributed by atoms with Crippen LogP contribution in [0.5, 0.6) is 0 Å². The van der Waals surface area contributed by atoms with E-state index in [9.17, 15) is 0 Å². The monoisotopic (exact) mass is 246 g/mol. The standard InChI is InChI=1S/C8H4BrClS/c9-8-3-5-1-2-6(10)4-7(5)11-8/h1-4H. The van der Waals surface area contributed by atoms with E-state index in [0.29, 0.717) is 0 Å². The number of halogens is 2. The third-order valence-corrected chi connectivity index (χ3v) is 3.29. The summed E-state index contributed by atoms with van der Waals surface area (Å²) in [6, 6.07) is 8.00. The molecule has 0 aliphatic rings. The van der Waals surface area contributed by atoms with Crippen LogP contribution in [0, 0.1) is 0 Å². The molecule has 11 heavy (non-hydrogen) atoms. The van der Waals surface area contributed by atoms with Crippen LogP contribution in [0.1, 0.15) is 0 Å². The largest absolute Gasteiger partial charge is 0.128 e. The van der Waals surface area contributed by atoms with Crippen LogP contribution in [-0.4, -0.2) is 0 Å². The molecule has 0 bridgehead atoms. The van der Waals surface area contributed by atoms with Crippen molar-refractivity contribution in [2.24, 2.45) is 0 Å². The van der Waals surface area contributed by atoms with Gasteiger partial charge in [-0.3, -0.25) is 0 Å². The van der Waals surface area contributed by atoms with E-state index in [2.05, 4.69) is 22.0 Å². The van der Waals surface area contributed by atoms with Crippen LogP contribution in [0.2, 0.25) is 5.02 Å². The third kappa shape index (κ3) is 1.43. The lowest BCUT2D eigenvalue weighted by Crippen LogP contribution is -1.61. The Hall–Kier alpha value is -0.0500. The number of hydrogen-bond donors (Lipinski definition) is 0. The summed E-state index contributed by atoms with van der Waals surface area (Å²) >= 11 is 10.9. The topological polar surface area (TPSA) is 0 Å². The Bertz CT molecular complexity index is 394. The molecule has 0 unspecified atom stereocenters. The van der Waals surface area contributed by atoms with Gasteiger partial charge in [0.25, 0.3) is 0 Å². The molecule has 0 N–H and O–H groups in total. The first-order valence-electron chi connectivity index (χ1n) is 3.10. The second-order valence-corrected chi connectivity index (χ2v) is 5.13. The van der Waals surface area contributed by atoms with Crippen molar-refractivity contribution in [3.8, 4) is 0 Å². The van der Waals surface area contributed by atoms with Crippen LogP contribution in [0.25, 0.3) is 10.1 Å². The molecule has 0 aliphatic heterocycles. The quantitative estimate of drug-likeness (QED) is 0.650. The molecule has 0 amide bonds. The van der Waals surface area contributed by atoms with Crippen LogP contribution in [0.3, 0.4) is 0 Å². The Balaban J connectivity index is 2.82. The Morgan fingerprint density at radius 1 is 1.27 bits per heavy atom. The van der Waals surface area contributed by atoms with E-state index in [4.69, 9.17) is 11.6 Å². The van der Waals surface area contributed by atoms with Gasteiger partial charge in [0.2, 0.25) is 0 Å². The lowest BCUT2D eigenvalue weighted by Gasteiger charge is -1.87. The van der Waals surface area contributed by atoms with Crippen molar-refractivity contribution < 1.29 is 0 Å². The van der Waals surface area contributed by atoms with Crippen LogP contribution in [0.4, 0.5) is 0 Å². The number of benzene rings is 1. The normalized spacial score (nSPS) is 10.7. The predicted octanol–water partition coefficient (Wildman–Crippen LogP) is 4.32. The van der Waals surface area contributed by atoms with Gasteiger partial charge in [0.1, 0.15) is 0 Å². The van der Waals surface area contributed by atoms with Crippen molar-refractivity contribution in [2.45, 2.75) is 0 Å². The van der Waals surface area contributed by atoms with E-state index in [1.54, 1.807) is 11.3 Å². The molecule has 2 aromatic rings. The van der Waals surface area contributed by atoms with Gasteiger partial charge in [0.05, 0.1) is 3.79 Å². The zero-order chi connectivity index (χ0) is 7.84. The van der Waals surface area contributed by atoms with E-state index in [0.717, 1.165) is 8.81 Å². The molecular formula is C8H4BrClS. The van der Waals surface area contributed by atoms with Gasteiger partial charge in [-0.1, -0.05) is 17.7 Å². The minimum atomic E-state index is 0.798. The van der Waals surface area contributed by atoms with Crippen molar-refractivity contribution in [1.82, 2.24) is 0 Å². The van der Waals surface area contributed by atoms with Gasteiger partial charge in [-0.05, 0) is 39.5 Å². The highest BCUT2D eigenvalue weighted by Gasteiger charge is 1.98. The minimum absolute atomic E-state index is 0.798. The van der Waals surface area contributed by atoms with Crippen LogP contribution >= 0.6 is 38.9 Å². The fraction of sp³-hybridized carbons (Fsp3) is 0. The first-order chi connectivity index (χ1) is 5.25. The lowest BCUT2D eigenvalue weighted by atomic mass is 10.3. The highest BCUT2D eigenvalue weighted by molar-refractivity contribution is 9.11. The molecule has 56 valence electrons. The van der Waals surface area contributed by atoms with Gasteiger partial charge in [-0.2, -0.15) is 0 Å². The smallest absolute Gasteiger partial charge is 0.0711 e. The van der Waals surface area contributed by atoms with Crippen LogP contribution in [0.15, 0.2) is 28.1 Å². The molecule has 0 saturated carbocycles. The molecular weight excluding hydrogens is 244 g/mol. The zero-order valence-electron chi connectivity index (χ0n) is 5.47. The van der Waals surface area contributed by atoms with E-state index >= 15 is 0 Å². The van der Waals surface area contributed by atoms with Crippen molar-refractivity contribution in [3.63, 3.8) is 0 Å². The molecule has 0 saturated heterocycles. The maximum Gasteiger partial charge on any atom is 0.0711 e. The fourth-order valence-corrected chi connectivity index (χ4v) is 2.81. The summed E-state index contributed by atoms with van der Waals surface area (Å²) in [6.45, 7) is 0. The molecule has 2 rings (SSSR count). The summed E-state index contributed by atoms with van der Waals surface area (Å²) in [5, 5.41) is 2.04. The molecule has 1 heterocycles.